The zero-order chi connectivity index (χ0) is 11.3. The summed E-state index contributed by atoms with van der Waals surface area (Å²) in [5.41, 5.74) is 0.926. The summed E-state index contributed by atoms with van der Waals surface area (Å²) in [4.78, 5) is 12.8. The van der Waals surface area contributed by atoms with Crippen LogP contribution in [0.3, 0.4) is 0 Å². The number of hydrogen-bond donors (Lipinski definition) is 1. The number of likely N-dealkylation sites (N-methyl/N-ethyl adjacent to an activating group) is 1. The number of hydrogen-bond acceptors (Lipinski definition) is 2. The van der Waals surface area contributed by atoms with Gasteiger partial charge in [0.15, 0.2) is 0 Å². The topological polar surface area (TPSA) is 40.5 Å². The van der Waals surface area contributed by atoms with Crippen LogP contribution in [0, 0.1) is 0 Å². The Bertz CT molecular complexity index is 242. The molecule has 0 spiro atoms. The van der Waals surface area contributed by atoms with Crippen LogP contribution in [0.25, 0.3) is 0 Å². The van der Waals surface area contributed by atoms with Crippen LogP contribution >= 0.6 is 0 Å². The average Bonchev–Trinajstić information content (AvgIpc) is 2.17. The molecular weight excluding hydrogens is 190 g/mol. The maximum atomic E-state index is 10.5. The molecule has 0 aromatic carbocycles. The van der Waals surface area contributed by atoms with Gasteiger partial charge in [0.25, 0.3) is 0 Å². The number of carboxylic acid groups (broad SMARTS) is 1. The fourth-order valence-corrected chi connectivity index (χ4v) is 2.30. The number of rotatable bonds is 4. The lowest BCUT2D eigenvalue weighted by Crippen LogP contribution is -2.34. The number of carboxylic acids is 1. The van der Waals surface area contributed by atoms with Gasteiger partial charge in [-0.3, -0.25) is 4.90 Å². The van der Waals surface area contributed by atoms with Gasteiger partial charge >= 0.3 is 5.97 Å². The third kappa shape index (κ3) is 4.47. The van der Waals surface area contributed by atoms with Gasteiger partial charge in [-0.25, -0.2) is 4.79 Å². The first-order chi connectivity index (χ1) is 7.09. The van der Waals surface area contributed by atoms with Crippen molar-refractivity contribution >= 4 is 5.97 Å². The molecule has 3 heteroatoms. The van der Waals surface area contributed by atoms with Gasteiger partial charge in [0.1, 0.15) is 0 Å². The summed E-state index contributed by atoms with van der Waals surface area (Å²) < 4.78 is 0. The SMILES string of the molecule is CC(=CC(=O)O)CN(C)C1CCCCC1. The summed E-state index contributed by atoms with van der Waals surface area (Å²) in [7, 11) is 2.09. The molecule has 1 aliphatic carbocycles. The van der Waals surface area contributed by atoms with E-state index in [1.807, 2.05) is 6.92 Å². The van der Waals surface area contributed by atoms with Crippen LogP contribution in [0.2, 0.25) is 0 Å². The van der Waals surface area contributed by atoms with Crippen LogP contribution in [0.5, 0.6) is 0 Å². The Kier molecular flexibility index (Phi) is 4.82. The second-order valence-corrected chi connectivity index (χ2v) is 4.54. The van der Waals surface area contributed by atoms with Gasteiger partial charge in [0, 0.05) is 18.7 Å². The minimum absolute atomic E-state index is 0.649. The Labute approximate surface area is 91.8 Å². The minimum Gasteiger partial charge on any atom is -0.478 e. The summed E-state index contributed by atoms with van der Waals surface area (Å²) in [5.74, 6) is -0.843. The van der Waals surface area contributed by atoms with E-state index in [9.17, 15) is 4.79 Å². The quantitative estimate of drug-likeness (QED) is 0.725. The van der Waals surface area contributed by atoms with E-state index in [0.29, 0.717) is 6.04 Å². The molecule has 0 aliphatic heterocycles. The number of carbonyl (C=O) groups is 1. The Morgan fingerprint density at radius 1 is 1.40 bits per heavy atom. The van der Waals surface area contributed by atoms with Gasteiger partial charge in [-0.1, -0.05) is 24.8 Å². The summed E-state index contributed by atoms with van der Waals surface area (Å²) in [6, 6.07) is 0.649. The standard InChI is InChI=1S/C12H21NO2/c1-10(8-12(14)15)9-13(2)11-6-4-3-5-7-11/h8,11H,3-7,9H2,1-2H3,(H,14,15). The first-order valence-corrected chi connectivity index (χ1v) is 5.70. The zero-order valence-electron chi connectivity index (χ0n) is 9.70. The van der Waals surface area contributed by atoms with Gasteiger partial charge in [-0.15, -0.1) is 0 Å². The molecule has 1 N–H and O–H groups in total. The Hall–Kier alpha value is -0.830. The second-order valence-electron chi connectivity index (χ2n) is 4.54. The molecule has 1 saturated carbocycles. The van der Waals surface area contributed by atoms with E-state index in [0.717, 1.165) is 12.1 Å². The molecule has 86 valence electrons. The summed E-state index contributed by atoms with van der Waals surface area (Å²) in [6.45, 7) is 2.66. The highest BCUT2D eigenvalue weighted by molar-refractivity contribution is 5.80. The van der Waals surface area contributed by atoms with E-state index in [2.05, 4.69) is 11.9 Å². The van der Waals surface area contributed by atoms with Crippen molar-refractivity contribution in [3.05, 3.63) is 11.6 Å². The summed E-state index contributed by atoms with van der Waals surface area (Å²) in [5, 5.41) is 8.61. The highest BCUT2D eigenvalue weighted by Gasteiger charge is 2.17. The van der Waals surface area contributed by atoms with Gasteiger partial charge in [-0.2, -0.15) is 0 Å². The van der Waals surface area contributed by atoms with Gasteiger partial charge < -0.3 is 5.11 Å². The molecule has 0 aromatic rings. The van der Waals surface area contributed by atoms with Crippen molar-refractivity contribution in [3.63, 3.8) is 0 Å². The molecule has 0 saturated heterocycles. The Morgan fingerprint density at radius 2 is 2.00 bits per heavy atom. The number of nitrogens with zero attached hydrogens (tertiary/aromatic N) is 1. The third-order valence-corrected chi connectivity index (χ3v) is 3.07. The highest BCUT2D eigenvalue weighted by atomic mass is 16.4. The summed E-state index contributed by atoms with van der Waals surface area (Å²) >= 11 is 0. The monoisotopic (exact) mass is 211 g/mol. The maximum absolute atomic E-state index is 10.5. The van der Waals surface area contributed by atoms with Gasteiger partial charge in [-0.05, 0) is 26.8 Å². The molecule has 3 nitrogen and oxygen atoms in total. The molecule has 1 rings (SSSR count). The van der Waals surface area contributed by atoms with E-state index >= 15 is 0 Å². The van der Waals surface area contributed by atoms with Gasteiger partial charge in [0.05, 0.1) is 0 Å². The molecular formula is C12H21NO2. The maximum Gasteiger partial charge on any atom is 0.328 e. The molecule has 0 radical (unpaired) electrons. The van der Waals surface area contributed by atoms with Crippen molar-refractivity contribution in [2.45, 2.75) is 45.1 Å². The highest BCUT2D eigenvalue weighted by Crippen LogP contribution is 2.21. The largest absolute Gasteiger partial charge is 0.478 e. The molecule has 0 aromatic heterocycles. The first kappa shape index (κ1) is 12.2. The summed E-state index contributed by atoms with van der Waals surface area (Å²) in [6.07, 6.45) is 7.81. The Morgan fingerprint density at radius 3 is 2.53 bits per heavy atom. The van der Waals surface area contributed by atoms with Crippen molar-refractivity contribution in [3.8, 4) is 0 Å². The molecule has 1 aliphatic rings. The van der Waals surface area contributed by atoms with E-state index < -0.39 is 5.97 Å². The van der Waals surface area contributed by atoms with Crippen LogP contribution in [0.1, 0.15) is 39.0 Å². The molecule has 15 heavy (non-hydrogen) atoms. The molecule has 0 unspecified atom stereocenters. The normalized spacial score (nSPS) is 19.5. The van der Waals surface area contributed by atoms with Gasteiger partial charge in [0.2, 0.25) is 0 Å². The number of aliphatic carboxylic acids is 1. The van der Waals surface area contributed by atoms with E-state index in [-0.39, 0.29) is 0 Å². The minimum atomic E-state index is -0.843. The lowest BCUT2D eigenvalue weighted by atomic mass is 9.94. The van der Waals surface area contributed by atoms with E-state index in [4.69, 9.17) is 5.11 Å². The van der Waals surface area contributed by atoms with Crippen LogP contribution < -0.4 is 0 Å². The lowest BCUT2D eigenvalue weighted by molar-refractivity contribution is -0.131. The van der Waals surface area contributed by atoms with Crippen molar-refractivity contribution in [1.29, 1.82) is 0 Å². The van der Waals surface area contributed by atoms with E-state index in [1.165, 1.54) is 38.2 Å². The van der Waals surface area contributed by atoms with Crippen molar-refractivity contribution in [2.24, 2.45) is 0 Å². The second kappa shape index (κ2) is 5.91. The lowest BCUT2D eigenvalue weighted by Gasteiger charge is -2.31. The van der Waals surface area contributed by atoms with Crippen molar-refractivity contribution in [2.75, 3.05) is 13.6 Å². The van der Waals surface area contributed by atoms with Crippen molar-refractivity contribution < 1.29 is 9.90 Å². The third-order valence-electron chi connectivity index (χ3n) is 3.07. The molecule has 0 atom stereocenters. The zero-order valence-corrected chi connectivity index (χ0v) is 9.70. The predicted octanol–water partition coefficient (Wildman–Crippen LogP) is 2.28. The van der Waals surface area contributed by atoms with Crippen LogP contribution in [-0.2, 0) is 4.79 Å². The molecule has 0 heterocycles. The molecule has 0 bridgehead atoms. The van der Waals surface area contributed by atoms with Crippen LogP contribution in [0.15, 0.2) is 11.6 Å². The fraction of sp³-hybridized carbons (Fsp3) is 0.750. The van der Waals surface area contributed by atoms with Crippen molar-refractivity contribution in [1.82, 2.24) is 4.90 Å². The van der Waals surface area contributed by atoms with Crippen LogP contribution in [-0.4, -0.2) is 35.6 Å². The molecule has 1 fully saturated rings. The predicted molar refractivity (Wildman–Crippen MR) is 60.9 cm³/mol. The Balaban J connectivity index is 2.39. The first-order valence-electron chi connectivity index (χ1n) is 5.70. The average molecular weight is 211 g/mol. The fourth-order valence-electron chi connectivity index (χ4n) is 2.30. The molecule has 0 amide bonds. The smallest absolute Gasteiger partial charge is 0.328 e. The van der Waals surface area contributed by atoms with Crippen LogP contribution in [0.4, 0.5) is 0 Å². The van der Waals surface area contributed by atoms with E-state index in [1.54, 1.807) is 0 Å².